The molecular formula is C26H24FNO4. The van der Waals surface area contributed by atoms with Crippen molar-refractivity contribution >= 4 is 11.5 Å². The molecule has 4 rings (SSSR count). The van der Waals surface area contributed by atoms with Crippen LogP contribution in [0.15, 0.2) is 72.5 Å². The van der Waals surface area contributed by atoms with Gasteiger partial charge in [-0.1, -0.05) is 48.0 Å². The van der Waals surface area contributed by atoms with E-state index >= 15 is 0 Å². The Morgan fingerprint density at radius 3 is 2.38 bits per heavy atom. The van der Waals surface area contributed by atoms with Crippen molar-refractivity contribution in [3.63, 3.8) is 0 Å². The predicted molar refractivity (Wildman–Crippen MR) is 120 cm³/mol. The highest BCUT2D eigenvalue weighted by atomic mass is 19.1. The lowest BCUT2D eigenvalue weighted by Gasteiger charge is -2.28. The van der Waals surface area contributed by atoms with Gasteiger partial charge in [0, 0.05) is 22.8 Å². The number of ether oxygens (including phenoxy) is 2. The summed E-state index contributed by atoms with van der Waals surface area (Å²) in [6.07, 6.45) is 0. The van der Waals surface area contributed by atoms with Crippen LogP contribution in [0, 0.1) is 12.7 Å². The van der Waals surface area contributed by atoms with Gasteiger partial charge in [-0.2, -0.15) is 0 Å². The summed E-state index contributed by atoms with van der Waals surface area (Å²) in [6, 6.07) is 18.3. The maximum absolute atomic E-state index is 14.9. The summed E-state index contributed by atoms with van der Waals surface area (Å²) >= 11 is 0. The van der Waals surface area contributed by atoms with E-state index in [0.29, 0.717) is 33.8 Å². The number of hydrogen-bond donors (Lipinski definition) is 1. The predicted octanol–water partition coefficient (Wildman–Crippen LogP) is 5.20. The van der Waals surface area contributed by atoms with Gasteiger partial charge in [-0.05, 0) is 30.7 Å². The van der Waals surface area contributed by atoms with Gasteiger partial charge in [0.05, 0.1) is 26.8 Å². The highest BCUT2D eigenvalue weighted by Gasteiger charge is 2.42. The zero-order valence-electron chi connectivity index (χ0n) is 18.1. The van der Waals surface area contributed by atoms with E-state index in [1.165, 1.54) is 18.1 Å². The van der Waals surface area contributed by atoms with Crippen molar-refractivity contribution in [1.82, 2.24) is 4.90 Å². The number of carbonyl (C=O) groups is 1. The van der Waals surface area contributed by atoms with Gasteiger partial charge in [0.2, 0.25) is 0 Å². The summed E-state index contributed by atoms with van der Waals surface area (Å²) in [6.45, 7) is 2.07. The first-order chi connectivity index (χ1) is 15.4. The number of amides is 1. The molecule has 1 aliphatic heterocycles. The van der Waals surface area contributed by atoms with Crippen LogP contribution in [0.5, 0.6) is 11.5 Å². The summed E-state index contributed by atoms with van der Waals surface area (Å²) < 4.78 is 25.7. The van der Waals surface area contributed by atoms with E-state index < -0.39 is 17.8 Å². The fraction of sp³-hybridized carbons (Fsp3) is 0.192. The van der Waals surface area contributed by atoms with Gasteiger partial charge in [-0.25, -0.2) is 4.39 Å². The van der Waals surface area contributed by atoms with E-state index in [2.05, 4.69) is 0 Å². The molecule has 1 aliphatic rings. The average molecular weight is 433 g/mol. The van der Waals surface area contributed by atoms with E-state index in [1.54, 1.807) is 43.5 Å². The van der Waals surface area contributed by atoms with Crippen molar-refractivity contribution < 1.29 is 23.8 Å². The first-order valence-corrected chi connectivity index (χ1v) is 10.2. The van der Waals surface area contributed by atoms with E-state index in [1.807, 2.05) is 31.2 Å². The minimum Gasteiger partial charge on any atom is -0.503 e. The molecular weight excluding hydrogens is 409 g/mol. The van der Waals surface area contributed by atoms with E-state index in [4.69, 9.17) is 9.47 Å². The van der Waals surface area contributed by atoms with Crippen LogP contribution < -0.4 is 9.47 Å². The van der Waals surface area contributed by atoms with Gasteiger partial charge in [-0.15, -0.1) is 0 Å². The average Bonchev–Trinajstić information content (AvgIpc) is 3.05. The van der Waals surface area contributed by atoms with E-state index in [-0.39, 0.29) is 12.3 Å². The Balaban J connectivity index is 1.83. The van der Waals surface area contributed by atoms with E-state index in [9.17, 15) is 14.3 Å². The fourth-order valence-corrected chi connectivity index (χ4v) is 4.03. The Labute approximate surface area is 186 Å². The molecule has 5 nitrogen and oxygen atoms in total. The van der Waals surface area contributed by atoms with Crippen LogP contribution in [-0.4, -0.2) is 30.1 Å². The van der Waals surface area contributed by atoms with Gasteiger partial charge < -0.3 is 19.5 Å². The highest BCUT2D eigenvalue weighted by Crippen LogP contribution is 2.45. The second-order valence-corrected chi connectivity index (χ2v) is 7.66. The number of methoxy groups -OCH3 is 2. The molecule has 6 heteroatoms. The van der Waals surface area contributed by atoms with Crippen LogP contribution in [-0.2, 0) is 11.3 Å². The third-order valence-corrected chi connectivity index (χ3v) is 5.70. The van der Waals surface area contributed by atoms with E-state index in [0.717, 1.165) is 5.56 Å². The molecule has 164 valence electrons. The number of aliphatic hydroxyl groups is 1. The molecule has 0 aliphatic carbocycles. The van der Waals surface area contributed by atoms with Crippen LogP contribution in [0.2, 0.25) is 0 Å². The molecule has 3 aromatic rings. The molecule has 32 heavy (non-hydrogen) atoms. The lowest BCUT2D eigenvalue weighted by molar-refractivity contribution is -0.130. The monoisotopic (exact) mass is 433 g/mol. The number of nitrogens with zero attached hydrogens (tertiary/aromatic N) is 1. The van der Waals surface area contributed by atoms with Crippen molar-refractivity contribution in [1.29, 1.82) is 0 Å². The first kappa shape index (κ1) is 21.4. The number of hydrogen-bond acceptors (Lipinski definition) is 4. The van der Waals surface area contributed by atoms with Crippen molar-refractivity contribution in [3.8, 4) is 11.5 Å². The van der Waals surface area contributed by atoms with Crippen molar-refractivity contribution in [2.75, 3.05) is 14.2 Å². The molecule has 0 fully saturated rings. The largest absolute Gasteiger partial charge is 0.503 e. The SMILES string of the molecule is COc1ccc(CN2C(=O)C(O)=C(c3ccc(C)cc3)C2c2ccccc2F)c(OC)c1. The van der Waals surface area contributed by atoms with Crippen LogP contribution in [0.25, 0.3) is 5.57 Å². The minimum atomic E-state index is -0.793. The van der Waals surface area contributed by atoms with Gasteiger partial charge in [0.1, 0.15) is 17.3 Å². The second-order valence-electron chi connectivity index (χ2n) is 7.66. The van der Waals surface area contributed by atoms with Gasteiger partial charge in [0.25, 0.3) is 5.91 Å². The zero-order valence-corrected chi connectivity index (χ0v) is 18.1. The highest BCUT2D eigenvalue weighted by molar-refractivity contribution is 6.05. The van der Waals surface area contributed by atoms with Crippen molar-refractivity contribution in [2.24, 2.45) is 0 Å². The zero-order chi connectivity index (χ0) is 22.8. The summed E-state index contributed by atoms with van der Waals surface area (Å²) in [7, 11) is 3.09. The number of aliphatic hydroxyl groups excluding tert-OH is 1. The lowest BCUT2D eigenvalue weighted by atomic mass is 9.92. The number of halogens is 1. The Hall–Kier alpha value is -3.80. The molecule has 0 radical (unpaired) electrons. The summed E-state index contributed by atoms with van der Waals surface area (Å²) in [5, 5.41) is 10.9. The molecule has 0 saturated heterocycles. The number of benzene rings is 3. The molecule has 0 saturated carbocycles. The summed E-state index contributed by atoms with van der Waals surface area (Å²) in [5.74, 6) is -0.240. The van der Waals surface area contributed by atoms with Crippen molar-refractivity contribution in [2.45, 2.75) is 19.5 Å². The van der Waals surface area contributed by atoms with Gasteiger partial charge >= 0.3 is 0 Å². The third kappa shape index (κ3) is 3.80. The Kier molecular flexibility index (Phi) is 5.86. The lowest BCUT2D eigenvalue weighted by Crippen LogP contribution is -2.30. The van der Waals surface area contributed by atoms with Gasteiger partial charge in [-0.3, -0.25) is 4.79 Å². The molecule has 0 spiro atoms. The second kappa shape index (κ2) is 8.75. The molecule has 3 aromatic carbocycles. The molecule has 1 amide bonds. The molecule has 1 atom stereocenters. The molecule has 1 N–H and O–H groups in total. The molecule has 0 aromatic heterocycles. The normalized spacial score (nSPS) is 15.9. The molecule has 1 heterocycles. The smallest absolute Gasteiger partial charge is 0.290 e. The maximum Gasteiger partial charge on any atom is 0.290 e. The third-order valence-electron chi connectivity index (χ3n) is 5.70. The van der Waals surface area contributed by atoms with Crippen LogP contribution in [0.1, 0.15) is 28.3 Å². The fourth-order valence-electron chi connectivity index (χ4n) is 4.03. The topological polar surface area (TPSA) is 59.0 Å². The standard InChI is InChI=1S/C26H24FNO4/c1-16-8-10-17(11-9-16)23-24(20-6-4-5-7-21(20)27)28(26(30)25(23)29)15-18-12-13-19(31-2)14-22(18)32-3/h4-14,24,29H,15H2,1-3H3. The quantitative estimate of drug-likeness (QED) is 0.580. The number of rotatable bonds is 6. The summed E-state index contributed by atoms with van der Waals surface area (Å²) in [4.78, 5) is 14.7. The van der Waals surface area contributed by atoms with Crippen molar-refractivity contribution in [3.05, 3.63) is 101 Å². The van der Waals surface area contributed by atoms with Gasteiger partial charge in [0.15, 0.2) is 5.76 Å². The Bertz CT molecular complexity index is 1190. The summed E-state index contributed by atoms with van der Waals surface area (Å²) in [5.41, 5.74) is 3.11. The number of aryl methyl sites for hydroxylation is 1. The minimum absolute atomic E-state index is 0.115. The Morgan fingerprint density at radius 1 is 1.00 bits per heavy atom. The molecule has 1 unspecified atom stereocenters. The van der Waals surface area contributed by atoms with Crippen LogP contribution >= 0.6 is 0 Å². The number of carbonyl (C=O) groups excluding carboxylic acids is 1. The van der Waals surface area contributed by atoms with Crippen LogP contribution in [0.4, 0.5) is 4.39 Å². The maximum atomic E-state index is 14.9. The molecule has 0 bridgehead atoms. The van der Waals surface area contributed by atoms with Crippen LogP contribution in [0.3, 0.4) is 0 Å². The Morgan fingerprint density at radius 2 is 1.72 bits per heavy atom. The first-order valence-electron chi connectivity index (χ1n) is 10.2.